The molecule has 0 unspecified atom stereocenters. The number of carbonyl (C=O) groups is 1. The van der Waals surface area contributed by atoms with E-state index in [0.29, 0.717) is 55.8 Å². The summed E-state index contributed by atoms with van der Waals surface area (Å²) >= 11 is 0.689. The van der Waals surface area contributed by atoms with Crippen LogP contribution in [0.1, 0.15) is 21.5 Å². The first kappa shape index (κ1) is 29.0. The van der Waals surface area contributed by atoms with Gasteiger partial charge in [-0.05, 0) is 24.3 Å². The van der Waals surface area contributed by atoms with Gasteiger partial charge in [0.1, 0.15) is 11.3 Å². The molecule has 0 bridgehead atoms. The first-order valence-corrected chi connectivity index (χ1v) is 11.3. The molecule has 2 aromatic carbocycles. The Kier molecular flexibility index (Phi) is 8.67. The van der Waals surface area contributed by atoms with Gasteiger partial charge in [-0.3, -0.25) is 14.6 Å². The van der Waals surface area contributed by atoms with Gasteiger partial charge in [0.15, 0.2) is 10.9 Å². The fourth-order valence-corrected chi connectivity index (χ4v) is 4.67. The zero-order valence-corrected chi connectivity index (χ0v) is 20.3. The number of amides is 1. The zero-order chi connectivity index (χ0) is 26.3. The number of aromatic nitrogens is 1. The van der Waals surface area contributed by atoms with Gasteiger partial charge in [0.25, 0.3) is 5.91 Å². The minimum absolute atomic E-state index is 0. The van der Waals surface area contributed by atoms with E-state index in [4.69, 9.17) is 4.74 Å². The molecule has 0 atom stereocenters. The summed E-state index contributed by atoms with van der Waals surface area (Å²) in [6.07, 6.45) is -10.3. The summed E-state index contributed by atoms with van der Waals surface area (Å²) in [4.78, 5) is 20.1. The maximum atomic E-state index is 14.2. The summed E-state index contributed by atoms with van der Waals surface area (Å²) in [6, 6.07) is 2.12. The van der Waals surface area contributed by atoms with Crippen LogP contribution in [0.2, 0.25) is 0 Å². The fraction of sp³-hybridized carbons (Fsp3) is 0.364. The summed E-state index contributed by atoms with van der Waals surface area (Å²) in [5, 5.41) is -0.196. The number of rotatable bonds is 5. The molecule has 2 heterocycles. The first-order chi connectivity index (χ1) is 16.8. The largest absolute Gasteiger partial charge is 0.416 e. The maximum absolute atomic E-state index is 14.2. The van der Waals surface area contributed by atoms with Crippen molar-refractivity contribution in [1.82, 2.24) is 9.88 Å². The number of ether oxygens (including phenoxy) is 1. The average molecular weight is 576 g/mol. The van der Waals surface area contributed by atoms with E-state index in [-0.39, 0.29) is 46.9 Å². The molecule has 0 aliphatic carbocycles. The highest BCUT2D eigenvalue weighted by Gasteiger charge is 2.38. The standard InChI is InChI=1S/C22H17F8N3O2S.ClH/c23-15-10-16(24)18-17(11-15)36-20(31-18)33(2-1-32-3-5-35-6-4-32)19(34)12-7-13(21(25,26)27)9-14(8-12)22(28,29)30;/h7-11H,1-6H2;1H. The highest BCUT2D eigenvalue weighted by Crippen LogP contribution is 2.37. The molecular formula is C22H18ClF8N3O2S. The second-order valence-electron chi connectivity index (χ2n) is 7.94. The Hall–Kier alpha value is -2.55. The summed E-state index contributed by atoms with van der Waals surface area (Å²) in [5.41, 5.74) is -4.44. The zero-order valence-electron chi connectivity index (χ0n) is 18.6. The quantitative estimate of drug-likeness (QED) is 0.350. The average Bonchev–Trinajstić information content (AvgIpc) is 3.22. The minimum Gasteiger partial charge on any atom is -0.379 e. The van der Waals surface area contributed by atoms with Crippen molar-refractivity contribution in [2.75, 3.05) is 44.3 Å². The Morgan fingerprint density at radius 3 is 2.14 bits per heavy atom. The number of nitrogens with zero attached hydrogens (tertiary/aromatic N) is 3. The van der Waals surface area contributed by atoms with Gasteiger partial charge in [-0.15, -0.1) is 12.4 Å². The molecule has 1 amide bonds. The van der Waals surface area contributed by atoms with Crippen LogP contribution in [0.5, 0.6) is 0 Å². The van der Waals surface area contributed by atoms with E-state index in [0.717, 1.165) is 11.0 Å². The van der Waals surface area contributed by atoms with Crippen molar-refractivity contribution in [2.24, 2.45) is 0 Å². The fourth-order valence-electron chi connectivity index (χ4n) is 3.65. The molecule has 0 radical (unpaired) electrons. The molecule has 15 heteroatoms. The monoisotopic (exact) mass is 575 g/mol. The predicted octanol–water partition coefficient (Wildman–Crippen LogP) is 6.01. The van der Waals surface area contributed by atoms with Crippen LogP contribution in [-0.4, -0.2) is 55.2 Å². The van der Waals surface area contributed by atoms with Crippen molar-refractivity contribution in [3.63, 3.8) is 0 Å². The number of thiazole rings is 1. The molecule has 3 aromatic rings. The van der Waals surface area contributed by atoms with Crippen LogP contribution >= 0.6 is 23.7 Å². The van der Waals surface area contributed by atoms with Gasteiger partial charge in [-0.1, -0.05) is 11.3 Å². The highest BCUT2D eigenvalue weighted by molar-refractivity contribution is 7.22. The number of halogens is 9. The van der Waals surface area contributed by atoms with Crippen molar-refractivity contribution in [3.8, 4) is 0 Å². The molecule has 5 nitrogen and oxygen atoms in total. The van der Waals surface area contributed by atoms with Gasteiger partial charge in [0.05, 0.1) is 29.0 Å². The van der Waals surface area contributed by atoms with Gasteiger partial charge < -0.3 is 4.74 Å². The predicted molar refractivity (Wildman–Crippen MR) is 122 cm³/mol. The molecule has 1 aliphatic heterocycles. The van der Waals surface area contributed by atoms with E-state index in [9.17, 15) is 39.9 Å². The topological polar surface area (TPSA) is 45.7 Å². The van der Waals surface area contributed by atoms with E-state index in [1.807, 2.05) is 4.90 Å². The van der Waals surface area contributed by atoms with Crippen LogP contribution in [-0.2, 0) is 17.1 Å². The van der Waals surface area contributed by atoms with Crippen molar-refractivity contribution >= 4 is 45.0 Å². The summed E-state index contributed by atoms with van der Waals surface area (Å²) in [7, 11) is 0. The summed E-state index contributed by atoms with van der Waals surface area (Å²) < 4.78 is 113. The van der Waals surface area contributed by atoms with Gasteiger partial charge >= 0.3 is 12.4 Å². The lowest BCUT2D eigenvalue weighted by Gasteiger charge is -2.29. The number of fused-ring (bicyclic) bond motifs is 1. The van der Waals surface area contributed by atoms with Crippen molar-refractivity contribution in [2.45, 2.75) is 12.4 Å². The SMILES string of the molecule is Cl.O=C(c1cc(C(F)(F)F)cc(C(F)(F)F)c1)N(CCN1CCOCC1)c1nc2c(F)cc(F)cc2s1. The van der Waals surface area contributed by atoms with Crippen molar-refractivity contribution < 1.29 is 44.7 Å². The summed E-state index contributed by atoms with van der Waals surface area (Å²) in [6.45, 7) is 1.80. The molecule has 0 saturated carbocycles. The van der Waals surface area contributed by atoms with E-state index in [1.54, 1.807) is 0 Å². The molecule has 0 N–H and O–H groups in total. The van der Waals surface area contributed by atoms with Gasteiger partial charge in [-0.25, -0.2) is 13.8 Å². The van der Waals surface area contributed by atoms with E-state index in [2.05, 4.69) is 4.98 Å². The van der Waals surface area contributed by atoms with Gasteiger partial charge in [0, 0.05) is 37.8 Å². The number of alkyl halides is 6. The number of hydrogen-bond donors (Lipinski definition) is 0. The van der Waals surface area contributed by atoms with Gasteiger partial charge in [-0.2, -0.15) is 26.3 Å². The second-order valence-corrected chi connectivity index (χ2v) is 8.95. The molecular weight excluding hydrogens is 558 g/mol. The lowest BCUT2D eigenvalue weighted by atomic mass is 10.0. The van der Waals surface area contributed by atoms with E-state index in [1.165, 1.54) is 0 Å². The lowest BCUT2D eigenvalue weighted by molar-refractivity contribution is -0.143. The molecule has 4 rings (SSSR count). The number of anilines is 1. The normalized spacial score (nSPS) is 15.0. The first-order valence-electron chi connectivity index (χ1n) is 10.5. The minimum atomic E-state index is -5.15. The smallest absolute Gasteiger partial charge is 0.379 e. The molecule has 202 valence electrons. The third kappa shape index (κ3) is 6.67. The summed E-state index contributed by atoms with van der Waals surface area (Å²) in [5.74, 6) is -3.12. The molecule has 1 aromatic heterocycles. The third-order valence-electron chi connectivity index (χ3n) is 5.46. The van der Waals surface area contributed by atoms with Crippen LogP contribution in [0.15, 0.2) is 30.3 Å². The maximum Gasteiger partial charge on any atom is 0.416 e. The third-order valence-corrected chi connectivity index (χ3v) is 6.48. The van der Waals surface area contributed by atoms with Crippen LogP contribution in [0.4, 0.5) is 40.3 Å². The Morgan fingerprint density at radius 2 is 1.57 bits per heavy atom. The van der Waals surface area contributed by atoms with Crippen LogP contribution < -0.4 is 4.90 Å². The van der Waals surface area contributed by atoms with Crippen LogP contribution in [0.3, 0.4) is 0 Å². The number of morpholine rings is 1. The van der Waals surface area contributed by atoms with Crippen LogP contribution in [0, 0.1) is 11.6 Å². The van der Waals surface area contributed by atoms with Crippen LogP contribution in [0.25, 0.3) is 10.2 Å². The van der Waals surface area contributed by atoms with Gasteiger partial charge in [0.2, 0.25) is 0 Å². The van der Waals surface area contributed by atoms with Crippen molar-refractivity contribution in [1.29, 1.82) is 0 Å². The molecule has 1 saturated heterocycles. The van der Waals surface area contributed by atoms with Crippen molar-refractivity contribution in [3.05, 3.63) is 58.7 Å². The Balaban J connectivity index is 0.00000380. The highest BCUT2D eigenvalue weighted by atomic mass is 35.5. The number of hydrogen-bond acceptors (Lipinski definition) is 5. The number of carbonyl (C=O) groups excluding carboxylic acids is 1. The Morgan fingerprint density at radius 1 is 0.973 bits per heavy atom. The molecule has 1 aliphatic rings. The van der Waals surface area contributed by atoms with E-state index < -0.39 is 46.6 Å². The Bertz CT molecular complexity index is 1240. The number of benzene rings is 2. The Labute approximate surface area is 215 Å². The molecule has 1 fully saturated rings. The van der Waals surface area contributed by atoms with E-state index >= 15 is 0 Å². The molecule has 0 spiro atoms. The second kappa shape index (κ2) is 11.1. The lowest BCUT2D eigenvalue weighted by Crippen LogP contribution is -2.43. The molecule has 37 heavy (non-hydrogen) atoms.